The van der Waals surface area contributed by atoms with Crippen LogP contribution in [0.25, 0.3) is 0 Å². The molecule has 1 aliphatic heterocycles. The molecule has 2 heterocycles. The van der Waals surface area contributed by atoms with Crippen LogP contribution in [0.4, 0.5) is 0 Å². The van der Waals surface area contributed by atoms with E-state index >= 15 is 0 Å². The molecule has 0 bridgehead atoms. The van der Waals surface area contributed by atoms with Gasteiger partial charge in [-0.25, -0.2) is 0 Å². The summed E-state index contributed by atoms with van der Waals surface area (Å²) in [5.74, 6) is -1.12. The molecule has 1 aliphatic rings. The maximum Gasteiger partial charge on any atom is 0.305 e. The van der Waals surface area contributed by atoms with Gasteiger partial charge in [0, 0.05) is 24.5 Å². The van der Waals surface area contributed by atoms with Crippen LogP contribution in [-0.4, -0.2) is 41.0 Å². The fourth-order valence-electron chi connectivity index (χ4n) is 2.09. The first kappa shape index (κ1) is 13.0. The molecule has 1 aromatic rings. The summed E-state index contributed by atoms with van der Waals surface area (Å²) in [6.45, 7) is 3.96. The zero-order valence-corrected chi connectivity index (χ0v) is 11.0. The second-order valence-electron chi connectivity index (χ2n) is 4.40. The summed E-state index contributed by atoms with van der Waals surface area (Å²) in [5, 5.41) is 13.6. The highest BCUT2D eigenvalue weighted by Gasteiger charge is 2.31. The number of aryl methyl sites for hydroxylation is 1. The van der Waals surface area contributed by atoms with E-state index in [4.69, 9.17) is 5.11 Å². The van der Waals surface area contributed by atoms with Crippen molar-refractivity contribution >= 4 is 23.2 Å². The molecule has 0 aromatic carbocycles. The van der Waals surface area contributed by atoms with E-state index in [1.54, 1.807) is 11.3 Å². The monoisotopic (exact) mass is 268 g/mol. The number of nitrogens with one attached hydrogen (secondary N) is 1. The Labute approximate surface area is 109 Å². The molecule has 1 unspecified atom stereocenters. The number of hydrogen-bond acceptors (Lipinski definition) is 4. The van der Waals surface area contributed by atoms with Crippen molar-refractivity contribution in [1.82, 2.24) is 10.2 Å². The Balaban J connectivity index is 2.10. The predicted octanol–water partition coefficient (Wildman–Crippen LogP) is 0.832. The number of carboxylic acids is 1. The number of hydrogen-bond donors (Lipinski definition) is 2. The lowest BCUT2D eigenvalue weighted by Crippen LogP contribution is -2.55. The van der Waals surface area contributed by atoms with Gasteiger partial charge in [0.05, 0.1) is 6.42 Å². The number of piperazine rings is 1. The van der Waals surface area contributed by atoms with Gasteiger partial charge in [-0.2, -0.15) is 0 Å². The molecule has 1 amide bonds. The second kappa shape index (κ2) is 5.49. The van der Waals surface area contributed by atoms with E-state index in [1.807, 2.05) is 23.3 Å². The van der Waals surface area contributed by atoms with Gasteiger partial charge in [-0.3, -0.25) is 14.5 Å². The molecule has 0 radical (unpaired) electrons. The quantitative estimate of drug-likeness (QED) is 0.848. The third-order valence-electron chi connectivity index (χ3n) is 3.12. The number of aliphatic carboxylic acids is 1. The minimum absolute atomic E-state index is 0.143. The number of carbonyl (C=O) groups excluding carboxylic acids is 1. The van der Waals surface area contributed by atoms with E-state index in [0.29, 0.717) is 19.6 Å². The molecule has 1 aromatic heterocycles. The fourth-order valence-corrected chi connectivity index (χ4v) is 3.02. The smallest absolute Gasteiger partial charge is 0.305 e. The minimum Gasteiger partial charge on any atom is -0.481 e. The van der Waals surface area contributed by atoms with Crippen LogP contribution >= 0.6 is 11.3 Å². The summed E-state index contributed by atoms with van der Waals surface area (Å²) in [5.41, 5.74) is 1.19. The number of rotatable bonds is 4. The van der Waals surface area contributed by atoms with Crippen LogP contribution in [0.1, 0.15) is 16.9 Å². The van der Waals surface area contributed by atoms with Crippen LogP contribution in [0.15, 0.2) is 11.4 Å². The highest BCUT2D eigenvalue weighted by Crippen LogP contribution is 2.20. The first-order valence-corrected chi connectivity index (χ1v) is 6.72. The maximum atomic E-state index is 11.7. The summed E-state index contributed by atoms with van der Waals surface area (Å²) in [6.07, 6.45) is -0.143. The molecule has 98 valence electrons. The van der Waals surface area contributed by atoms with Crippen molar-refractivity contribution in [3.8, 4) is 0 Å². The molecule has 1 fully saturated rings. The van der Waals surface area contributed by atoms with Gasteiger partial charge in [0.25, 0.3) is 0 Å². The molecule has 18 heavy (non-hydrogen) atoms. The number of carbonyl (C=O) groups is 2. The van der Waals surface area contributed by atoms with Gasteiger partial charge in [0.1, 0.15) is 6.04 Å². The summed E-state index contributed by atoms with van der Waals surface area (Å²) in [4.78, 5) is 25.7. The van der Waals surface area contributed by atoms with E-state index in [-0.39, 0.29) is 12.3 Å². The van der Waals surface area contributed by atoms with E-state index in [9.17, 15) is 9.59 Å². The predicted molar refractivity (Wildman–Crippen MR) is 68.5 cm³/mol. The van der Waals surface area contributed by atoms with Crippen molar-refractivity contribution in [3.05, 3.63) is 21.9 Å². The Morgan fingerprint density at radius 3 is 3.06 bits per heavy atom. The molecule has 0 aliphatic carbocycles. The molecule has 1 saturated heterocycles. The molecule has 2 rings (SSSR count). The number of nitrogens with zero attached hydrogens (tertiary/aromatic N) is 1. The maximum absolute atomic E-state index is 11.7. The van der Waals surface area contributed by atoms with E-state index in [2.05, 4.69) is 5.32 Å². The lowest BCUT2D eigenvalue weighted by Gasteiger charge is -2.34. The third-order valence-corrected chi connectivity index (χ3v) is 4.13. The summed E-state index contributed by atoms with van der Waals surface area (Å²) in [7, 11) is 0. The molecule has 5 nitrogen and oxygen atoms in total. The normalized spacial score (nSPS) is 20.7. The van der Waals surface area contributed by atoms with Crippen molar-refractivity contribution < 1.29 is 14.7 Å². The zero-order valence-electron chi connectivity index (χ0n) is 10.2. The van der Waals surface area contributed by atoms with Gasteiger partial charge in [-0.1, -0.05) is 0 Å². The van der Waals surface area contributed by atoms with Crippen molar-refractivity contribution in [3.63, 3.8) is 0 Å². The van der Waals surface area contributed by atoms with Gasteiger partial charge < -0.3 is 10.4 Å². The van der Waals surface area contributed by atoms with Gasteiger partial charge in [-0.05, 0) is 23.9 Å². The molecule has 0 saturated carbocycles. The van der Waals surface area contributed by atoms with Crippen molar-refractivity contribution in [2.24, 2.45) is 0 Å². The van der Waals surface area contributed by atoms with Crippen molar-refractivity contribution in [2.75, 3.05) is 13.1 Å². The molecular formula is C12H16N2O3S. The van der Waals surface area contributed by atoms with Crippen molar-refractivity contribution in [1.29, 1.82) is 0 Å². The zero-order chi connectivity index (χ0) is 13.1. The van der Waals surface area contributed by atoms with Gasteiger partial charge in [-0.15, -0.1) is 11.3 Å². The highest BCUT2D eigenvalue weighted by molar-refractivity contribution is 7.10. The Morgan fingerprint density at radius 1 is 1.67 bits per heavy atom. The molecule has 2 N–H and O–H groups in total. The van der Waals surface area contributed by atoms with E-state index < -0.39 is 12.0 Å². The first-order chi connectivity index (χ1) is 8.58. The van der Waals surface area contributed by atoms with Gasteiger partial charge in [0.15, 0.2) is 0 Å². The average Bonchev–Trinajstić information content (AvgIpc) is 2.69. The van der Waals surface area contributed by atoms with Crippen LogP contribution < -0.4 is 5.32 Å². The molecule has 1 atom stereocenters. The Kier molecular flexibility index (Phi) is 3.98. The second-order valence-corrected chi connectivity index (χ2v) is 5.40. The SMILES string of the molecule is Cc1ccsc1CN1CCNC(=O)C1CC(=O)O. The third kappa shape index (κ3) is 2.88. The molecule has 0 spiro atoms. The summed E-state index contributed by atoms with van der Waals surface area (Å²) in [6, 6.07) is 1.48. The number of amides is 1. The minimum atomic E-state index is -0.940. The lowest BCUT2D eigenvalue weighted by molar-refractivity contribution is -0.143. The van der Waals surface area contributed by atoms with Crippen molar-refractivity contribution in [2.45, 2.75) is 25.9 Å². The number of carboxylic acid groups (broad SMARTS) is 1. The Hall–Kier alpha value is -1.40. The van der Waals surface area contributed by atoms with Crippen LogP contribution in [-0.2, 0) is 16.1 Å². The standard InChI is InChI=1S/C12H16N2O3S/c1-8-2-5-18-10(8)7-14-4-3-13-12(17)9(14)6-11(15)16/h2,5,9H,3-4,6-7H2,1H3,(H,13,17)(H,15,16). The number of thiophene rings is 1. The highest BCUT2D eigenvalue weighted by atomic mass is 32.1. The summed E-state index contributed by atoms with van der Waals surface area (Å²) < 4.78 is 0. The van der Waals surface area contributed by atoms with Crippen LogP contribution in [0.3, 0.4) is 0 Å². The van der Waals surface area contributed by atoms with E-state index in [0.717, 1.165) is 0 Å². The van der Waals surface area contributed by atoms with Crippen LogP contribution in [0.5, 0.6) is 0 Å². The Bertz CT molecular complexity index is 458. The van der Waals surface area contributed by atoms with Crippen LogP contribution in [0, 0.1) is 6.92 Å². The molecular weight excluding hydrogens is 252 g/mol. The fraction of sp³-hybridized carbons (Fsp3) is 0.500. The average molecular weight is 268 g/mol. The summed E-state index contributed by atoms with van der Waals surface area (Å²) >= 11 is 1.64. The largest absolute Gasteiger partial charge is 0.481 e. The van der Waals surface area contributed by atoms with E-state index in [1.165, 1.54) is 10.4 Å². The van der Waals surface area contributed by atoms with Gasteiger partial charge in [0.2, 0.25) is 5.91 Å². The molecule has 6 heteroatoms. The lowest BCUT2D eigenvalue weighted by atomic mass is 10.1. The van der Waals surface area contributed by atoms with Gasteiger partial charge >= 0.3 is 5.97 Å². The Morgan fingerprint density at radius 2 is 2.44 bits per heavy atom. The van der Waals surface area contributed by atoms with Crippen LogP contribution in [0.2, 0.25) is 0 Å². The first-order valence-electron chi connectivity index (χ1n) is 5.84. The topological polar surface area (TPSA) is 69.6 Å².